The van der Waals surface area contributed by atoms with Gasteiger partial charge in [-0.05, 0) is 34.5 Å². The summed E-state index contributed by atoms with van der Waals surface area (Å²) in [6.45, 7) is 2.07. The summed E-state index contributed by atoms with van der Waals surface area (Å²) < 4.78 is 0.768. The zero-order valence-electron chi connectivity index (χ0n) is 12.4. The molecule has 0 aliphatic carbocycles. The van der Waals surface area contributed by atoms with Crippen molar-refractivity contribution in [3.8, 4) is 0 Å². The van der Waals surface area contributed by atoms with Crippen LogP contribution in [0.5, 0.6) is 0 Å². The number of anilines is 1. The minimum absolute atomic E-state index is 0.213. The summed E-state index contributed by atoms with van der Waals surface area (Å²) >= 11 is 4.79. The van der Waals surface area contributed by atoms with Crippen LogP contribution in [0.25, 0.3) is 0 Å². The summed E-state index contributed by atoms with van der Waals surface area (Å²) in [6.07, 6.45) is 5.78. The Morgan fingerprint density at radius 2 is 2.00 bits per heavy atom. The molecule has 4 nitrogen and oxygen atoms in total. The molecule has 0 atom stereocenters. The molecule has 1 N–H and O–H groups in total. The fourth-order valence-electron chi connectivity index (χ4n) is 2.06. The van der Waals surface area contributed by atoms with Crippen molar-refractivity contribution < 1.29 is 4.79 Å². The third-order valence-corrected chi connectivity index (χ3v) is 4.59. The molecule has 3 rings (SSSR count). The molecule has 23 heavy (non-hydrogen) atoms. The fourth-order valence-corrected chi connectivity index (χ4v) is 3.27. The first-order valence-electron chi connectivity index (χ1n) is 7.02. The van der Waals surface area contributed by atoms with Gasteiger partial charge < -0.3 is 0 Å². The summed E-state index contributed by atoms with van der Waals surface area (Å²) in [5, 5.41) is 3.40. The Morgan fingerprint density at radius 1 is 1.22 bits per heavy atom. The van der Waals surface area contributed by atoms with Crippen LogP contribution in [0, 0.1) is 6.92 Å². The number of amides is 1. The lowest BCUT2D eigenvalue weighted by atomic mass is 10.1. The standard InChI is InChI=1S/C17H14BrN3OS/c1-11-2-4-12(5-3-11)6-15-10-20-17(23-15)21-16(22)13-7-14(18)9-19-8-13/h2-5,7-10H,6H2,1H3,(H,20,21,22). The first kappa shape index (κ1) is 15.8. The van der Waals surface area contributed by atoms with E-state index in [1.165, 1.54) is 28.7 Å². The highest BCUT2D eigenvalue weighted by Crippen LogP contribution is 2.22. The van der Waals surface area contributed by atoms with E-state index < -0.39 is 0 Å². The second-order valence-electron chi connectivity index (χ2n) is 5.14. The number of aryl methyl sites for hydroxylation is 1. The largest absolute Gasteiger partial charge is 0.298 e. The molecule has 2 aromatic heterocycles. The van der Waals surface area contributed by atoms with Gasteiger partial charge in [0.15, 0.2) is 5.13 Å². The first-order chi connectivity index (χ1) is 11.1. The molecule has 0 fully saturated rings. The lowest BCUT2D eigenvalue weighted by molar-refractivity contribution is 0.102. The Kier molecular flexibility index (Phi) is 4.83. The van der Waals surface area contributed by atoms with Gasteiger partial charge in [-0.15, -0.1) is 11.3 Å². The molecule has 0 saturated carbocycles. The lowest BCUT2D eigenvalue weighted by Crippen LogP contribution is -2.11. The molecular formula is C17H14BrN3OS. The molecule has 3 aromatic rings. The topological polar surface area (TPSA) is 54.9 Å². The summed E-state index contributed by atoms with van der Waals surface area (Å²) in [6, 6.07) is 10.1. The van der Waals surface area contributed by atoms with Gasteiger partial charge in [-0.3, -0.25) is 15.1 Å². The van der Waals surface area contributed by atoms with Gasteiger partial charge in [0.25, 0.3) is 5.91 Å². The van der Waals surface area contributed by atoms with Gasteiger partial charge in [-0.2, -0.15) is 0 Å². The van der Waals surface area contributed by atoms with E-state index in [-0.39, 0.29) is 5.91 Å². The number of thiazole rings is 1. The lowest BCUT2D eigenvalue weighted by Gasteiger charge is -2.01. The van der Waals surface area contributed by atoms with Crippen LogP contribution in [0.1, 0.15) is 26.4 Å². The van der Waals surface area contributed by atoms with E-state index in [1.807, 2.05) is 0 Å². The molecule has 0 spiro atoms. The maximum Gasteiger partial charge on any atom is 0.259 e. The number of hydrogen-bond donors (Lipinski definition) is 1. The second-order valence-corrected chi connectivity index (χ2v) is 7.17. The molecule has 0 aliphatic heterocycles. The van der Waals surface area contributed by atoms with Crippen molar-refractivity contribution in [2.24, 2.45) is 0 Å². The zero-order chi connectivity index (χ0) is 16.2. The normalized spacial score (nSPS) is 10.5. The van der Waals surface area contributed by atoms with Crippen molar-refractivity contribution in [3.63, 3.8) is 0 Å². The Bertz CT molecular complexity index is 830. The molecule has 0 aliphatic rings. The summed E-state index contributed by atoms with van der Waals surface area (Å²) in [7, 11) is 0. The third-order valence-electron chi connectivity index (χ3n) is 3.24. The summed E-state index contributed by atoms with van der Waals surface area (Å²) in [4.78, 5) is 21.5. The van der Waals surface area contributed by atoms with E-state index in [2.05, 4.69) is 62.4 Å². The smallest absolute Gasteiger partial charge is 0.259 e. The van der Waals surface area contributed by atoms with Crippen LogP contribution >= 0.6 is 27.3 Å². The quantitative estimate of drug-likeness (QED) is 0.719. The number of carbonyl (C=O) groups excluding carboxylic acids is 1. The molecule has 116 valence electrons. The van der Waals surface area contributed by atoms with Gasteiger partial charge in [-0.1, -0.05) is 29.8 Å². The van der Waals surface area contributed by atoms with E-state index in [9.17, 15) is 4.79 Å². The number of nitrogens with zero attached hydrogens (tertiary/aromatic N) is 2. The number of halogens is 1. The predicted molar refractivity (Wildman–Crippen MR) is 96.0 cm³/mol. The van der Waals surface area contributed by atoms with Crippen LogP contribution in [0.15, 0.2) is 53.4 Å². The Balaban J connectivity index is 1.67. The van der Waals surface area contributed by atoms with Crippen LogP contribution in [0.3, 0.4) is 0 Å². The zero-order valence-corrected chi connectivity index (χ0v) is 14.8. The molecule has 2 heterocycles. The van der Waals surface area contributed by atoms with E-state index >= 15 is 0 Å². The Hall–Kier alpha value is -2.05. The highest BCUT2D eigenvalue weighted by atomic mass is 79.9. The highest BCUT2D eigenvalue weighted by Gasteiger charge is 2.10. The molecule has 0 saturated heterocycles. The Morgan fingerprint density at radius 3 is 2.74 bits per heavy atom. The van der Waals surface area contributed by atoms with E-state index in [0.29, 0.717) is 10.7 Å². The van der Waals surface area contributed by atoms with E-state index in [0.717, 1.165) is 15.8 Å². The van der Waals surface area contributed by atoms with Gasteiger partial charge in [0.05, 0.1) is 5.56 Å². The van der Waals surface area contributed by atoms with Crippen LogP contribution in [0.2, 0.25) is 0 Å². The van der Waals surface area contributed by atoms with Gasteiger partial charge in [0.1, 0.15) is 0 Å². The van der Waals surface area contributed by atoms with E-state index in [4.69, 9.17) is 0 Å². The minimum atomic E-state index is -0.213. The molecular weight excluding hydrogens is 374 g/mol. The number of carbonyl (C=O) groups is 1. The van der Waals surface area contributed by atoms with Crippen molar-refractivity contribution in [2.45, 2.75) is 13.3 Å². The van der Waals surface area contributed by atoms with Crippen molar-refractivity contribution in [3.05, 3.63) is 75.0 Å². The van der Waals surface area contributed by atoms with E-state index in [1.54, 1.807) is 18.5 Å². The van der Waals surface area contributed by atoms with Crippen LogP contribution in [-0.2, 0) is 6.42 Å². The SMILES string of the molecule is Cc1ccc(Cc2cnc(NC(=O)c3cncc(Br)c3)s2)cc1. The van der Waals surface area contributed by atoms with Gasteiger partial charge in [-0.25, -0.2) is 4.98 Å². The number of pyridine rings is 1. The van der Waals surface area contributed by atoms with Crippen LogP contribution in [-0.4, -0.2) is 15.9 Å². The average Bonchev–Trinajstić information content (AvgIpc) is 2.96. The van der Waals surface area contributed by atoms with Crippen molar-refractivity contribution in [1.29, 1.82) is 0 Å². The summed E-state index contributed by atoms with van der Waals surface area (Å²) in [5.41, 5.74) is 2.97. The number of hydrogen-bond acceptors (Lipinski definition) is 4. The van der Waals surface area contributed by atoms with Gasteiger partial charge in [0.2, 0.25) is 0 Å². The molecule has 1 amide bonds. The predicted octanol–water partition coefficient (Wildman–Crippen LogP) is 4.45. The van der Waals surface area contributed by atoms with Crippen LogP contribution in [0.4, 0.5) is 5.13 Å². The minimum Gasteiger partial charge on any atom is -0.298 e. The third kappa shape index (κ3) is 4.24. The molecule has 0 radical (unpaired) electrons. The number of rotatable bonds is 4. The van der Waals surface area contributed by atoms with Crippen molar-refractivity contribution in [1.82, 2.24) is 9.97 Å². The first-order valence-corrected chi connectivity index (χ1v) is 8.63. The van der Waals surface area contributed by atoms with Crippen molar-refractivity contribution >= 4 is 38.3 Å². The number of nitrogens with one attached hydrogen (secondary N) is 1. The maximum atomic E-state index is 12.2. The van der Waals surface area contributed by atoms with Gasteiger partial charge in [0, 0.05) is 34.4 Å². The molecule has 6 heteroatoms. The second kappa shape index (κ2) is 7.02. The fraction of sp³-hybridized carbons (Fsp3) is 0.118. The summed E-state index contributed by atoms with van der Waals surface area (Å²) in [5.74, 6) is -0.213. The molecule has 1 aromatic carbocycles. The Labute approximate surface area is 146 Å². The number of benzene rings is 1. The van der Waals surface area contributed by atoms with Crippen LogP contribution < -0.4 is 5.32 Å². The maximum absolute atomic E-state index is 12.2. The number of aromatic nitrogens is 2. The molecule has 0 unspecified atom stereocenters. The van der Waals surface area contributed by atoms with Gasteiger partial charge >= 0.3 is 0 Å². The monoisotopic (exact) mass is 387 g/mol. The average molecular weight is 388 g/mol. The highest BCUT2D eigenvalue weighted by molar-refractivity contribution is 9.10. The van der Waals surface area contributed by atoms with Crippen molar-refractivity contribution in [2.75, 3.05) is 5.32 Å². The molecule has 0 bridgehead atoms.